The monoisotopic (exact) mass is 346 g/mol. The Labute approximate surface area is 146 Å². The second-order valence-electron chi connectivity index (χ2n) is 5.70. The van der Waals surface area contributed by atoms with Gasteiger partial charge in [-0.2, -0.15) is 0 Å². The first-order chi connectivity index (χ1) is 12.0. The minimum atomic E-state index is -1.14. The zero-order chi connectivity index (χ0) is 18.4. The molecule has 1 N–H and O–H groups in total. The molecule has 1 aliphatic rings. The molecular weight excluding hydrogens is 324 g/mol. The lowest BCUT2D eigenvalue weighted by Gasteiger charge is -2.29. The number of barbiturate groups is 1. The molecule has 8 heteroatoms. The summed E-state index contributed by atoms with van der Waals surface area (Å²) >= 11 is 0. The van der Waals surface area contributed by atoms with Crippen molar-refractivity contribution in [3.63, 3.8) is 0 Å². The molecule has 1 heterocycles. The molecule has 0 aliphatic carbocycles. The van der Waals surface area contributed by atoms with E-state index in [1.54, 1.807) is 31.2 Å². The van der Waals surface area contributed by atoms with Crippen molar-refractivity contribution in [3.8, 4) is 5.75 Å². The third-order valence-electron chi connectivity index (χ3n) is 3.54. The maximum Gasteiger partial charge on any atom is 0.335 e. The van der Waals surface area contributed by atoms with Gasteiger partial charge in [0.25, 0.3) is 5.91 Å². The molecule has 8 nitrogen and oxygen atoms in total. The highest BCUT2D eigenvalue weighted by Gasteiger charge is 2.41. The number of benzene rings is 1. The molecule has 0 spiro atoms. The van der Waals surface area contributed by atoms with Crippen LogP contribution in [0.5, 0.6) is 5.75 Å². The van der Waals surface area contributed by atoms with E-state index in [0.29, 0.717) is 31.1 Å². The highest BCUT2D eigenvalue weighted by Crippen LogP contribution is 2.30. The van der Waals surface area contributed by atoms with Crippen LogP contribution in [-0.4, -0.2) is 62.8 Å². The summed E-state index contributed by atoms with van der Waals surface area (Å²) in [7, 11) is 3.80. The van der Waals surface area contributed by atoms with Gasteiger partial charge in [-0.1, -0.05) is 12.1 Å². The van der Waals surface area contributed by atoms with Crippen LogP contribution in [0.25, 0.3) is 0 Å². The second-order valence-corrected chi connectivity index (χ2v) is 5.70. The number of rotatable bonds is 7. The van der Waals surface area contributed by atoms with Crippen molar-refractivity contribution in [2.75, 3.05) is 38.7 Å². The topological polar surface area (TPSA) is 91.3 Å². The van der Waals surface area contributed by atoms with Crippen LogP contribution in [0.2, 0.25) is 0 Å². The van der Waals surface area contributed by atoms with Crippen molar-refractivity contribution < 1.29 is 19.1 Å². The molecule has 1 atom stereocenters. The van der Waals surface area contributed by atoms with Crippen molar-refractivity contribution >= 4 is 29.7 Å². The van der Waals surface area contributed by atoms with Crippen LogP contribution in [0, 0.1) is 5.92 Å². The molecule has 1 saturated heterocycles. The van der Waals surface area contributed by atoms with Crippen LogP contribution < -0.4 is 15.0 Å². The number of nitrogens with one attached hydrogen (secondary N) is 1. The van der Waals surface area contributed by atoms with Crippen molar-refractivity contribution in [2.24, 2.45) is 10.9 Å². The van der Waals surface area contributed by atoms with E-state index in [4.69, 9.17) is 4.74 Å². The quantitative estimate of drug-likeness (QED) is 0.585. The molecule has 25 heavy (non-hydrogen) atoms. The highest BCUT2D eigenvalue weighted by atomic mass is 16.5. The molecule has 2 rings (SSSR count). The molecule has 1 aromatic rings. The van der Waals surface area contributed by atoms with Gasteiger partial charge in [0.2, 0.25) is 5.91 Å². The van der Waals surface area contributed by atoms with Crippen LogP contribution in [0.1, 0.15) is 6.92 Å². The van der Waals surface area contributed by atoms with Crippen molar-refractivity contribution in [1.82, 2.24) is 10.2 Å². The predicted molar refractivity (Wildman–Crippen MR) is 94.0 cm³/mol. The van der Waals surface area contributed by atoms with Gasteiger partial charge in [-0.15, -0.1) is 0 Å². The first kappa shape index (κ1) is 18.6. The summed E-state index contributed by atoms with van der Waals surface area (Å²) in [4.78, 5) is 43.9. The lowest BCUT2D eigenvalue weighted by molar-refractivity contribution is -0.131. The molecular formula is C17H22N4O4. The summed E-state index contributed by atoms with van der Waals surface area (Å²) in [5.74, 6) is -2.07. The number of nitrogens with zero attached hydrogens (tertiary/aromatic N) is 3. The van der Waals surface area contributed by atoms with Crippen LogP contribution in [0.15, 0.2) is 29.3 Å². The normalized spacial score (nSPS) is 18.2. The fourth-order valence-electron chi connectivity index (χ4n) is 2.31. The standard InChI is InChI=1S/C17H22N4O4/c1-4-25-14-8-6-5-7-13(14)21-16(23)12(15(22)19-17(21)24)11-18-9-10-20(2)3/h5-8,11-12H,4,9-10H2,1-3H3,(H,19,22,24)/t12-/m1/s1. The average molecular weight is 346 g/mol. The summed E-state index contributed by atoms with van der Waals surface area (Å²) in [6, 6.07) is 5.90. The molecule has 0 radical (unpaired) electrons. The molecule has 0 bridgehead atoms. The van der Waals surface area contributed by atoms with Crippen LogP contribution in [0.3, 0.4) is 0 Å². The van der Waals surface area contributed by atoms with Gasteiger partial charge in [0.15, 0.2) is 5.92 Å². The van der Waals surface area contributed by atoms with E-state index < -0.39 is 23.8 Å². The predicted octanol–water partition coefficient (Wildman–Crippen LogP) is 0.917. The largest absolute Gasteiger partial charge is 0.492 e. The van der Waals surface area contributed by atoms with Gasteiger partial charge in [-0.3, -0.25) is 19.9 Å². The smallest absolute Gasteiger partial charge is 0.335 e. The Hall–Kier alpha value is -2.74. The maximum atomic E-state index is 12.7. The van der Waals surface area contributed by atoms with Crippen molar-refractivity contribution in [3.05, 3.63) is 24.3 Å². The number of hydrogen-bond donors (Lipinski definition) is 1. The van der Waals surface area contributed by atoms with Gasteiger partial charge in [-0.25, -0.2) is 9.69 Å². The fraction of sp³-hybridized carbons (Fsp3) is 0.412. The Balaban J connectivity index is 2.25. The SMILES string of the molecule is CCOc1ccccc1N1C(=O)NC(=O)[C@@H](C=NCCN(C)C)C1=O. The number of imide groups is 2. The number of para-hydroxylation sites is 2. The van der Waals surface area contributed by atoms with Gasteiger partial charge in [0.05, 0.1) is 18.8 Å². The van der Waals surface area contributed by atoms with Crippen LogP contribution in [-0.2, 0) is 9.59 Å². The summed E-state index contributed by atoms with van der Waals surface area (Å²) in [6.45, 7) is 3.33. The number of hydrogen-bond acceptors (Lipinski definition) is 6. The lowest BCUT2D eigenvalue weighted by Crippen LogP contribution is -2.58. The highest BCUT2D eigenvalue weighted by molar-refractivity contribution is 6.32. The number of anilines is 1. The zero-order valence-corrected chi connectivity index (χ0v) is 14.6. The molecule has 1 aliphatic heterocycles. The van der Waals surface area contributed by atoms with Gasteiger partial charge < -0.3 is 9.64 Å². The summed E-state index contributed by atoms with van der Waals surface area (Å²) in [6.07, 6.45) is 1.30. The minimum Gasteiger partial charge on any atom is -0.492 e. The first-order valence-electron chi connectivity index (χ1n) is 8.01. The first-order valence-corrected chi connectivity index (χ1v) is 8.01. The Morgan fingerprint density at radius 1 is 1.28 bits per heavy atom. The van der Waals surface area contributed by atoms with Crippen LogP contribution >= 0.6 is 0 Å². The van der Waals surface area contributed by atoms with E-state index >= 15 is 0 Å². The summed E-state index contributed by atoms with van der Waals surface area (Å²) in [5.41, 5.74) is 0.297. The molecule has 0 unspecified atom stereocenters. The van der Waals surface area contributed by atoms with E-state index in [1.807, 2.05) is 19.0 Å². The molecule has 1 fully saturated rings. The molecule has 134 valence electrons. The Morgan fingerprint density at radius 2 is 2.00 bits per heavy atom. The molecule has 0 saturated carbocycles. The number of likely N-dealkylation sites (N-methyl/N-ethyl adjacent to an activating group) is 1. The van der Waals surface area contributed by atoms with Gasteiger partial charge in [0.1, 0.15) is 5.75 Å². The number of ether oxygens (including phenoxy) is 1. The average Bonchev–Trinajstić information content (AvgIpc) is 2.55. The van der Waals surface area contributed by atoms with E-state index in [0.717, 1.165) is 4.90 Å². The van der Waals surface area contributed by atoms with E-state index in [-0.39, 0.29) is 0 Å². The maximum absolute atomic E-state index is 12.7. The lowest BCUT2D eigenvalue weighted by atomic mass is 10.1. The number of amides is 4. The second kappa shape index (κ2) is 8.39. The summed E-state index contributed by atoms with van der Waals surface area (Å²) < 4.78 is 5.48. The zero-order valence-electron chi connectivity index (χ0n) is 14.6. The van der Waals surface area contributed by atoms with Gasteiger partial charge in [0, 0.05) is 12.8 Å². The number of carbonyl (C=O) groups excluding carboxylic acids is 3. The Morgan fingerprint density at radius 3 is 2.68 bits per heavy atom. The number of aliphatic imine (C=N–C) groups is 1. The van der Waals surface area contributed by atoms with E-state index in [1.165, 1.54) is 6.21 Å². The molecule has 1 aromatic carbocycles. The van der Waals surface area contributed by atoms with Crippen molar-refractivity contribution in [1.29, 1.82) is 0 Å². The third kappa shape index (κ3) is 4.42. The third-order valence-corrected chi connectivity index (χ3v) is 3.54. The molecule has 0 aromatic heterocycles. The molecule has 4 amide bonds. The van der Waals surface area contributed by atoms with E-state index in [2.05, 4.69) is 10.3 Å². The fourth-order valence-corrected chi connectivity index (χ4v) is 2.31. The number of urea groups is 1. The Kier molecular flexibility index (Phi) is 6.24. The van der Waals surface area contributed by atoms with Crippen LogP contribution in [0.4, 0.5) is 10.5 Å². The minimum absolute atomic E-state index is 0.297. The summed E-state index contributed by atoms with van der Waals surface area (Å²) in [5, 5.41) is 2.20. The van der Waals surface area contributed by atoms with Gasteiger partial charge >= 0.3 is 6.03 Å². The van der Waals surface area contributed by atoms with E-state index in [9.17, 15) is 14.4 Å². The number of carbonyl (C=O) groups is 3. The van der Waals surface area contributed by atoms with Crippen molar-refractivity contribution in [2.45, 2.75) is 6.92 Å². The van der Waals surface area contributed by atoms with Gasteiger partial charge in [-0.05, 0) is 33.2 Å². The Bertz CT molecular complexity index is 687.